The molecule has 6 aromatic heterocycles. The Labute approximate surface area is 388 Å². The molecular formula is C45H43N19O4. The maximum atomic E-state index is 14.7. The number of pyridine rings is 1. The van der Waals surface area contributed by atoms with Crippen molar-refractivity contribution in [3.8, 4) is 34.7 Å². The number of morpholine rings is 2. The van der Waals surface area contributed by atoms with Gasteiger partial charge in [-0.2, -0.15) is 50.1 Å². The minimum absolute atomic E-state index is 0.290. The van der Waals surface area contributed by atoms with Crippen molar-refractivity contribution in [3.05, 3.63) is 128 Å². The summed E-state index contributed by atoms with van der Waals surface area (Å²) in [6.07, 6.45) is 10.9. The standard InChI is InChI=1S/C45H43N19O4/c1-30-13-16-61(57-30)42-53-38(51-40(55-42)59-18-22-67-23-19-59)32-5-9-36(10-6-32)63(44(65)49-34-4-3-15-46-26-34)64(45(66)50-35-27-47-29-48-28-35)37-11-7-33(8-12-37)39-52-41(60-20-24-68-25-21-60)56-43(54-39)62-17-14-31(2)58-62/h3-17,26-29H,18-25H2,1-2H3,(H,49,65)(H,50,66). The predicted octanol–water partition coefficient (Wildman–Crippen LogP) is 4.93. The van der Waals surface area contributed by atoms with Gasteiger partial charge in [0.15, 0.2) is 11.6 Å². The number of ether oxygens (including phenoxy) is 2. The minimum Gasteiger partial charge on any atom is -0.378 e. The van der Waals surface area contributed by atoms with E-state index in [0.29, 0.717) is 122 Å². The molecule has 2 aliphatic rings. The molecule has 2 N–H and O–H groups in total. The van der Waals surface area contributed by atoms with Crippen molar-refractivity contribution in [2.45, 2.75) is 13.8 Å². The molecule has 10 rings (SSSR count). The molecule has 0 saturated carbocycles. The van der Waals surface area contributed by atoms with Crippen LogP contribution in [-0.2, 0) is 9.47 Å². The molecule has 2 saturated heterocycles. The second kappa shape index (κ2) is 19.3. The summed E-state index contributed by atoms with van der Waals surface area (Å²) in [4.78, 5) is 74.7. The van der Waals surface area contributed by atoms with Gasteiger partial charge in [-0.3, -0.25) is 4.98 Å². The molecule has 8 aromatic rings. The van der Waals surface area contributed by atoms with Crippen molar-refractivity contribution in [1.82, 2.24) is 64.4 Å². The van der Waals surface area contributed by atoms with Crippen molar-refractivity contribution in [1.29, 1.82) is 0 Å². The first kappa shape index (κ1) is 43.1. The Morgan fingerprint density at radius 2 is 0.971 bits per heavy atom. The van der Waals surface area contributed by atoms with E-state index in [1.54, 1.807) is 88.6 Å². The van der Waals surface area contributed by atoms with Crippen molar-refractivity contribution < 1.29 is 19.1 Å². The number of carbonyl (C=O) groups is 2. The lowest BCUT2D eigenvalue weighted by atomic mass is 10.1. The molecule has 23 nitrogen and oxygen atoms in total. The first-order valence-electron chi connectivity index (χ1n) is 21.6. The zero-order chi connectivity index (χ0) is 46.4. The average molecular weight is 914 g/mol. The van der Waals surface area contributed by atoms with Gasteiger partial charge in [0.1, 0.15) is 6.33 Å². The molecule has 342 valence electrons. The monoisotopic (exact) mass is 913 g/mol. The van der Waals surface area contributed by atoms with E-state index >= 15 is 0 Å². The minimum atomic E-state index is -0.712. The topological polar surface area (TPSA) is 241 Å². The van der Waals surface area contributed by atoms with Crippen LogP contribution >= 0.6 is 0 Å². The van der Waals surface area contributed by atoms with E-state index in [0.717, 1.165) is 11.4 Å². The summed E-state index contributed by atoms with van der Waals surface area (Å²) in [6, 6.07) is 19.6. The highest BCUT2D eigenvalue weighted by Gasteiger charge is 2.31. The molecule has 2 aliphatic heterocycles. The van der Waals surface area contributed by atoms with Crippen LogP contribution in [0, 0.1) is 13.8 Å². The smallest absolute Gasteiger partial charge is 0.346 e. The zero-order valence-corrected chi connectivity index (χ0v) is 36.9. The molecule has 68 heavy (non-hydrogen) atoms. The summed E-state index contributed by atoms with van der Waals surface area (Å²) in [5.41, 5.74) is 4.11. The van der Waals surface area contributed by atoms with Crippen LogP contribution in [0.3, 0.4) is 0 Å². The summed E-state index contributed by atoms with van der Waals surface area (Å²) in [6.45, 7) is 8.33. The van der Waals surface area contributed by atoms with Crippen molar-refractivity contribution in [3.63, 3.8) is 0 Å². The molecular weight excluding hydrogens is 871 g/mol. The second-order valence-corrected chi connectivity index (χ2v) is 15.5. The molecule has 0 aliphatic carbocycles. The third kappa shape index (κ3) is 9.59. The molecule has 8 heterocycles. The highest BCUT2D eigenvalue weighted by atomic mass is 16.5. The van der Waals surface area contributed by atoms with Crippen LogP contribution in [0.15, 0.2) is 116 Å². The number of amides is 4. The molecule has 0 bridgehead atoms. The summed E-state index contributed by atoms with van der Waals surface area (Å²) in [5, 5.41) is 17.3. The molecule has 0 atom stereocenters. The fourth-order valence-electron chi connectivity index (χ4n) is 7.34. The number of hydrogen-bond donors (Lipinski definition) is 2. The predicted molar refractivity (Wildman–Crippen MR) is 250 cm³/mol. The van der Waals surface area contributed by atoms with Crippen LogP contribution in [0.2, 0.25) is 0 Å². The highest BCUT2D eigenvalue weighted by molar-refractivity contribution is 6.13. The number of anilines is 6. The first-order valence-corrected chi connectivity index (χ1v) is 21.6. The van der Waals surface area contributed by atoms with Gasteiger partial charge in [-0.15, -0.1) is 0 Å². The second-order valence-electron chi connectivity index (χ2n) is 15.5. The largest absolute Gasteiger partial charge is 0.378 e. The number of hydrazine groups is 1. The van der Waals surface area contributed by atoms with Crippen LogP contribution in [0.25, 0.3) is 34.7 Å². The lowest BCUT2D eigenvalue weighted by molar-refractivity contribution is 0.122. The Bertz CT molecular complexity index is 2810. The number of aromatic nitrogens is 13. The number of aryl methyl sites for hydroxylation is 2. The molecule has 2 aromatic carbocycles. The normalized spacial score (nSPS) is 13.8. The van der Waals surface area contributed by atoms with E-state index in [4.69, 9.17) is 39.4 Å². The first-order chi connectivity index (χ1) is 33.3. The third-order valence-electron chi connectivity index (χ3n) is 10.7. The molecule has 0 radical (unpaired) electrons. The van der Waals surface area contributed by atoms with Gasteiger partial charge in [-0.05, 0) is 86.6 Å². The number of hydrogen-bond acceptors (Lipinski definition) is 17. The maximum absolute atomic E-state index is 14.7. The van der Waals surface area contributed by atoms with E-state index in [9.17, 15) is 9.59 Å². The molecule has 2 fully saturated rings. The van der Waals surface area contributed by atoms with E-state index in [2.05, 4.69) is 35.8 Å². The number of urea groups is 2. The van der Waals surface area contributed by atoms with Crippen LogP contribution in [0.5, 0.6) is 0 Å². The Kier molecular flexibility index (Phi) is 12.2. The highest BCUT2D eigenvalue weighted by Crippen LogP contribution is 2.31. The van der Waals surface area contributed by atoms with Gasteiger partial charge >= 0.3 is 12.1 Å². The zero-order valence-electron chi connectivity index (χ0n) is 36.9. The maximum Gasteiger partial charge on any atom is 0.346 e. The Balaban J connectivity index is 1.05. The number of carbonyl (C=O) groups excluding carboxylic acids is 2. The number of benzene rings is 2. The summed E-state index contributed by atoms with van der Waals surface area (Å²) in [5.74, 6) is 2.36. The Morgan fingerprint density at radius 1 is 0.529 bits per heavy atom. The Hall–Kier alpha value is -8.83. The molecule has 0 spiro atoms. The van der Waals surface area contributed by atoms with Crippen LogP contribution < -0.4 is 30.5 Å². The lowest BCUT2D eigenvalue weighted by Crippen LogP contribution is -2.54. The molecule has 4 amide bonds. The van der Waals surface area contributed by atoms with Gasteiger partial charge in [0.25, 0.3) is 11.9 Å². The van der Waals surface area contributed by atoms with E-state index in [-0.39, 0.29) is 0 Å². The fourth-order valence-corrected chi connectivity index (χ4v) is 7.34. The van der Waals surface area contributed by atoms with Gasteiger partial charge in [-0.1, -0.05) is 0 Å². The quantitative estimate of drug-likeness (QED) is 0.173. The van der Waals surface area contributed by atoms with Crippen LogP contribution in [0.4, 0.5) is 44.2 Å². The molecule has 23 heteroatoms. The van der Waals surface area contributed by atoms with Gasteiger partial charge in [0.2, 0.25) is 11.9 Å². The fraction of sp³-hybridized carbons (Fsp3) is 0.222. The van der Waals surface area contributed by atoms with Crippen LogP contribution in [-0.4, -0.2) is 129 Å². The number of nitrogens with zero attached hydrogens (tertiary/aromatic N) is 17. The Morgan fingerprint density at radius 3 is 1.40 bits per heavy atom. The van der Waals surface area contributed by atoms with Gasteiger partial charge in [-0.25, -0.2) is 28.9 Å². The van der Waals surface area contributed by atoms with Crippen molar-refractivity contribution in [2.24, 2.45) is 0 Å². The van der Waals surface area contributed by atoms with Gasteiger partial charge in [0, 0.05) is 55.9 Å². The van der Waals surface area contributed by atoms with Gasteiger partial charge < -0.3 is 29.9 Å². The lowest BCUT2D eigenvalue weighted by Gasteiger charge is -2.34. The van der Waals surface area contributed by atoms with Crippen molar-refractivity contribution >= 4 is 46.7 Å². The number of nitrogens with one attached hydrogen (secondary N) is 2. The third-order valence-corrected chi connectivity index (χ3v) is 10.7. The average Bonchev–Trinajstić information content (AvgIpc) is 4.04. The summed E-state index contributed by atoms with van der Waals surface area (Å²) in [7, 11) is 0. The van der Waals surface area contributed by atoms with E-state index in [1.807, 2.05) is 35.8 Å². The van der Waals surface area contributed by atoms with Gasteiger partial charge in [0.05, 0.1) is 79.2 Å². The van der Waals surface area contributed by atoms with Crippen LogP contribution in [0.1, 0.15) is 11.4 Å². The molecule has 0 unspecified atom stereocenters. The SMILES string of the molecule is Cc1ccn(-c2nc(-c3ccc(N(C(=O)Nc4cccnc4)N(C(=O)Nc4cncnc4)c4ccc(-c5nc(N6CCOCC6)nc(-n6ccc(C)n6)n5)cc4)cc3)nc(N3CCOCC3)n2)n1. The van der Waals surface area contributed by atoms with E-state index < -0.39 is 12.1 Å². The number of rotatable bonds is 10. The summed E-state index contributed by atoms with van der Waals surface area (Å²) >= 11 is 0. The van der Waals surface area contributed by atoms with E-state index in [1.165, 1.54) is 34.9 Å². The summed E-state index contributed by atoms with van der Waals surface area (Å²) < 4.78 is 14.4. The van der Waals surface area contributed by atoms with Crippen molar-refractivity contribution in [2.75, 3.05) is 83.1 Å².